The number of sulfonamides is 1. The molecule has 11 nitrogen and oxygen atoms in total. The fourth-order valence-corrected chi connectivity index (χ4v) is 4.84. The van der Waals surface area contributed by atoms with Gasteiger partial charge in [0.1, 0.15) is 5.82 Å². The quantitative estimate of drug-likeness (QED) is 0.434. The molecule has 0 spiro atoms. The number of hydrogen-bond acceptors (Lipinski definition) is 8. The average Bonchev–Trinajstić information content (AvgIpc) is 3.29. The van der Waals surface area contributed by atoms with E-state index in [9.17, 15) is 18.3 Å². The maximum absolute atomic E-state index is 12.0. The van der Waals surface area contributed by atoms with Crippen molar-refractivity contribution in [3.63, 3.8) is 0 Å². The Hall–Kier alpha value is -2.60. The number of rotatable bonds is 11. The molecule has 2 aromatic heterocycles. The summed E-state index contributed by atoms with van der Waals surface area (Å²) in [7, 11) is -3.17. The van der Waals surface area contributed by atoms with Gasteiger partial charge in [0.05, 0.1) is 12.2 Å². The predicted octanol–water partition coefficient (Wildman–Crippen LogP) is 1.43. The molecule has 0 aromatic carbocycles. The summed E-state index contributed by atoms with van der Waals surface area (Å²) in [5, 5.41) is 24.0. The smallest absolute Gasteiger partial charge is 0.307 e. The highest BCUT2D eigenvalue weighted by molar-refractivity contribution is 7.88. The van der Waals surface area contributed by atoms with E-state index < -0.39 is 27.8 Å². The molecule has 3 heterocycles. The standard InChI is InChI=1S/C21H33N7O4S/c1-14(2)10-18(21(29)30)17(20-24-26-27-25-20)11-16-4-5-19(22-12-16)28-8-6-15(7-9-28)13-23-33(3,31)32/h4-5,12,14-15,17-18,23H,6-11,13H2,1-3H3,(H,29,30)(H,24,25,26,27). The minimum atomic E-state index is -3.17. The number of hydrogen-bond donors (Lipinski definition) is 3. The molecule has 0 aliphatic carbocycles. The molecule has 33 heavy (non-hydrogen) atoms. The molecule has 0 saturated carbocycles. The number of carboxylic acid groups (broad SMARTS) is 1. The van der Waals surface area contributed by atoms with Crippen molar-refractivity contribution in [3.8, 4) is 0 Å². The van der Waals surface area contributed by atoms with Crippen LogP contribution >= 0.6 is 0 Å². The van der Waals surface area contributed by atoms with Gasteiger partial charge in [-0.3, -0.25) is 4.79 Å². The predicted molar refractivity (Wildman–Crippen MR) is 123 cm³/mol. The van der Waals surface area contributed by atoms with E-state index in [-0.39, 0.29) is 5.92 Å². The second kappa shape index (κ2) is 11.0. The van der Waals surface area contributed by atoms with Crippen molar-refractivity contribution in [2.75, 3.05) is 30.8 Å². The van der Waals surface area contributed by atoms with Gasteiger partial charge in [-0.15, -0.1) is 10.2 Å². The van der Waals surface area contributed by atoms with E-state index in [1.54, 1.807) is 6.20 Å². The molecule has 182 valence electrons. The highest BCUT2D eigenvalue weighted by Crippen LogP contribution is 2.31. The third kappa shape index (κ3) is 7.46. The van der Waals surface area contributed by atoms with Crippen LogP contribution in [-0.4, -0.2) is 71.0 Å². The molecule has 1 fully saturated rings. The van der Waals surface area contributed by atoms with Gasteiger partial charge >= 0.3 is 5.97 Å². The van der Waals surface area contributed by atoms with Crippen molar-refractivity contribution in [1.29, 1.82) is 0 Å². The Kier molecular flexibility index (Phi) is 8.35. The van der Waals surface area contributed by atoms with Crippen LogP contribution in [0.1, 0.15) is 50.4 Å². The summed E-state index contributed by atoms with van der Waals surface area (Å²) in [6.45, 7) is 6.09. The van der Waals surface area contributed by atoms with Crippen molar-refractivity contribution in [1.82, 2.24) is 30.3 Å². The molecule has 12 heteroatoms. The highest BCUT2D eigenvalue weighted by Gasteiger charge is 2.33. The second-order valence-corrected chi connectivity index (χ2v) is 11.1. The maximum Gasteiger partial charge on any atom is 0.307 e. The van der Waals surface area contributed by atoms with Gasteiger partial charge in [-0.1, -0.05) is 25.1 Å². The summed E-state index contributed by atoms with van der Waals surface area (Å²) in [6.07, 6.45) is 5.72. The summed E-state index contributed by atoms with van der Waals surface area (Å²) in [5.41, 5.74) is 0.913. The van der Waals surface area contributed by atoms with E-state index in [1.807, 2.05) is 26.0 Å². The number of aromatic amines is 1. The number of nitrogens with one attached hydrogen (secondary N) is 2. The zero-order valence-corrected chi connectivity index (χ0v) is 20.1. The molecular formula is C21H33N7O4S. The number of carboxylic acids is 1. The first-order chi connectivity index (χ1) is 15.6. The highest BCUT2D eigenvalue weighted by atomic mass is 32.2. The Bertz CT molecular complexity index is 988. The lowest BCUT2D eigenvalue weighted by atomic mass is 9.81. The van der Waals surface area contributed by atoms with Crippen LogP contribution in [0.25, 0.3) is 0 Å². The van der Waals surface area contributed by atoms with Crippen molar-refractivity contribution in [2.24, 2.45) is 17.8 Å². The first-order valence-electron chi connectivity index (χ1n) is 11.2. The molecule has 0 amide bonds. The van der Waals surface area contributed by atoms with Crippen LogP contribution in [0.15, 0.2) is 18.3 Å². The van der Waals surface area contributed by atoms with Crippen molar-refractivity contribution < 1.29 is 18.3 Å². The van der Waals surface area contributed by atoms with Gasteiger partial charge in [0.25, 0.3) is 0 Å². The van der Waals surface area contributed by atoms with Gasteiger partial charge in [-0.25, -0.2) is 18.1 Å². The van der Waals surface area contributed by atoms with E-state index in [0.717, 1.165) is 37.3 Å². The average molecular weight is 480 g/mol. The number of aliphatic carboxylic acids is 1. The van der Waals surface area contributed by atoms with Gasteiger partial charge in [0, 0.05) is 31.7 Å². The zero-order valence-electron chi connectivity index (χ0n) is 19.3. The third-order valence-corrected chi connectivity index (χ3v) is 6.75. The monoisotopic (exact) mass is 479 g/mol. The van der Waals surface area contributed by atoms with Crippen molar-refractivity contribution >= 4 is 21.8 Å². The molecule has 3 N–H and O–H groups in total. The van der Waals surface area contributed by atoms with E-state index in [0.29, 0.717) is 31.1 Å². The summed E-state index contributed by atoms with van der Waals surface area (Å²) in [5.74, 6) is -0.0951. The molecular weight excluding hydrogens is 446 g/mol. The van der Waals surface area contributed by atoms with Gasteiger partial charge in [0.2, 0.25) is 10.0 Å². The number of H-pyrrole nitrogens is 1. The summed E-state index contributed by atoms with van der Waals surface area (Å²) < 4.78 is 25.2. The second-order valence-electron chi connectivity index (χ2n) is 9.23. The Morgan fingerprint density at radius 1 is 1.30 bits per heavy atom. The van der Waals surface area contributed by atoms with E-state index in [1.165, 1.54) is 6.26 Å². The number of piperidine rings is 1. The van der Waals surface area contributed by atoms with Crippen LogP contribution in [-0.2, 0) is 21.2 Å². The van der Waals surface area contributed by atoms with Crippen molar-refractivity contribution in [3.05, 3.63) is 29.7 Å². The number of anilines is 1. The van der Waals surface area contributed by atoms with Gasteiger partial charge in [0.15, 0.2) is 5.82 Å². The maximum atomic E-state index is 12.0. The molecule has 2 unspecified atom stereocenters. The minimum Gasteiger partial charge on any atom is -0.481 e. The van der Waals surface area contributed by atoms with Gasteiger partial charge in [-0.05, 0) is 49.1 Å². The van der Waals surface area contributed by atoms with Crippen LogP contribution in [0, 0.1) is 17.8 Å². The number of carbonyl (C=O) groups is 1. The Morgan fingerprint density at radius 2 is 2.03 bits per heavy atom. The Balaban J connectivity index is 1.64. The number of tetrazole rings is 1. The summed E-state index contributed by atoms with van der Waals surface area (Å²) >= 11 is 0. The Morgan fingerprint density at radius 3 is 2.55 bits per heavy atom. The molecule has 3 rings (SSSR count). The first kappa shape index (κ1) is 25.0. The lowest BCUT2D eigenvalue weighted by Crippen LogP contribution is -2.38. The minimum absolute atomic E-state index is 0.219. The van der Waals surface area contributed by atoms with Crippen molar-refractivity contribution in [2.45, 2.75) is 45.4 Å². The van der Waals surface area contributed by atoms with Crippen LogP contribution in [0.2, 0.25) is 0 Å². The molecule has 2 aromatic rings. The lowest BCUT2D eigenvalue weighted by Gasteiger charge is -2.32. The molecule has 0 bridgehead atoms. The van der Waals surface area contributed by atoms with E-state index >= 15 is 0 Å². The van der Waals surface area contributed by atoms with Gasteiger partial charge < -0.3 is 10.0 Å². The third-order valence-electron chi connectivity index (χ3n) is 6.06. The van der Waals surface area contributed by atoms with Crippen LogP contribution in [0.3, 0.4) is 0 Å². The first-order valence-corrected chi connectivity index (χ1v) is 13.1. The summed E-state index contributed by atoms with van der Waals surface area (Å²) in [6, 6.07) is 3.93. The Labute approximate surface area is 194 Å². The fourth-order valence-electron chi connectivity index (χ4n) is 4.30. The lowest BCUT2D eigenvalue weighted by molar-refractivity contribution is -0.143. The van der Waals surface area contributed by atoms with E-state index in [2.05, 4.69) is 35.2 Å². The van der Waals surface area contributed by atoms with Gasteiger partial charge in [-0.2, -0.15) is 5.21 Å². The normalized spacial score (nSPS) is 17.3. The largest absolute Gasteiger partial charge is 0.481 e. The van der Waals surface area contributed by atoms with E-state index in [4.69, 9.17) is 0 Å². The molecule has 1 aliphatic heterocycles. The molecule has 1 saturated heterocycles. The number of aromatic nitrogens is 5. The molecule has 2 atom stereocenters. The number of pyridine rings is 1. The van der Waals surface area contributed by atoms with Crippen LogP contribution < -0.4 is 9.62 Å². The molecule has 1 aliphatic rings. The van der Waals surface area contributed by atoms with Crippen LogP contribution in [0.4, 0.5) is 5.82 Å². The summed E-state index contributed by atoms with van der Waals surface area (Å²) in [4.78, 5) is 18.8. The topological polar surface area (TPSA) is 154 Å². The fraction of sp³-hybridized carbons (Fsp3) is 0.667. The molecule has 0 radical (unpaired) electrons. The SMILES string of the molecule is CC(C)CC(C(=O)O)C(Cc1ccc(N2CCC(CNS(C)(=O)=O)CC2)nc1)c1nn[nH]n1. The number of nitrogens with zero attached hydrogens (tertiary/aromatic N) is 5. The zero-order chi connectivity index (χ0) is 24.0. The van der Waals surface area contributed by atoms with Crippen LogP contribution in [0.5, 0.6) is 0 Å².